The third kappa shape index (κ3) is 2.90. The van der Waals surface area contributed by atoms with Crippen molar-refractivity contribution in [1.82, 2.24) is 9.78 Å². The number of phenols is 1. The number of sulfonamides is 1. The van der Waals surface area contributed by atoms with Gasteiger partial charge in [-0.2, -0.15) is 5.10 Å². The molecular formula is C18H13F2N3O3S. The van der Waals surface area contributed by atoms with Gasteiger partial charge in [0.25, 0.3) is 6.43 Å². The van der Waals surface area contributed by atoms with Gasteiger partial charge in [0.15, 0.2) is 0 Å². The zero-order valence-corrected chi connectivity index (χ0v) is 14.5. The Hall–Kier alpha value is -3.04. The molecule has 0 amide bonds. The largest absolute Gasteiger partial charge is 0.508 e. The summed E-state index contributed by atoms with van der Waals surface area (Å²) in [4.78, 5) is -0.0911. The van der Waals surface area contributed by atoms with E-state index < -0.39 is 16.4 Å². The molecular weight excluding hydrogens is 376 g/mol. The van der Waals surface area contributed by atoms with Gasteiger partial charge in [-0.1, -0.05) is 12.1 Å². The number of benzene rings is 3. The number of fused-ring (bicyclic) bond motifs is 3. The van der Waals surface area contributed by atoms with Gasteiger partial charge in [-0.05, 0) is 47.9 Å². The maximum Gasteiger partial charge on any atom is 0.282 e. The number of halogens is 2. The molecule has 0 saturated carbocycles. The molecule has 6 nitrogen and oxygen atoms in total. The third-order valence-corrected chi connectivity index (χ3v) is 5.22. The number of hydrogen-bond acceptors (Lipinski definition) is 4. The van der Waals surface area contributed by atoms with Crippen molar-refractivity contribution in [2.24, 2.45) is 5.14 Å². The number of aromatic hydroxyl groups is 1. The van der Waals surface area contributed by atoms with Crippen LogP contribution in [0.1, 0.15) is 12.1 Å². The molecule has 0 atom stereocenters. The number of primary sulfonamides is 1. The Bertz CT molecular complexity index is 1280. The van der Waals surface area contributed by atoms with Crippen LogP contribution in [0.5, 0.6) is 5.75 Å². The van der Waals surface area contributed by atoms with Gasteiger partial charge in [-0.25, -0.2) is 27.0 Å². The lowest BCUT2D eigenvalue weighted by molar-refractivity contribution is 0.147. The molecule has 0 unspecified atom stereocenters. The quantitative estimate of drug-likeness (QED) is 0.561. The summed E-state index contributed by atoms with van der Waals surface area (Å²) >= 11 is 0. The molecule has 138 valence electrons. The average molecular weight is 389 g/mol. The first-order chi connectivity index (χ1) is 12.8. The Labute approximate surface area is 152 Å². The fraction of sp³-hybridized carbons (Fsp3) is 0.0556. The van der Waals surface area contributed by atoms with Gasteiger partial charge in [0.2, 0.25) is 10.0 Å². The molecule has 1 heterocycles. The normalized spacial score (nSPS) is 12.3. The monoisotopic (exact) mass is 389 g/mol. The molecule has 4 rings (SSSR count). The lowest BCUT2D eigenvalue weighted by Crippen LogP contribution is -2.12. The minimum atomic E-state index is -3.87. The molecule has 0 fully saturated rings. The highest BCUT2D eigenvalue weighted by Crippen LogP contribution is 2.35. The van der Waals surface area contributed by atoms with Crippen molar-refractivity contribution >= 4 is 31.7 Å². The van der Waals surface area contributed by atoms with E-state index >= 15 is 0 Å². The molecule has 0 bridgehead atoms. The maximum atomic E-state index is 13.5. The molecule has 27 heavy (non-hydrogen) atoms. The fourth-order valence-electron chi connectivity index (χ4n) is 3.07. The van der Waals surface area contributed by atoms with Crippen LogP contribution in [-0.4, -0.2) is 23.3 Å². The first-order valence-electron chi connectivity index (χ1n) is 7.81. The van der Waals surface area contributed by atoms with E-state index in [0.717, 1.165) is 0 Å². The molecule has 0 radical (unpaired) electrons. The molecule has 0 aliphatic heterocycles. The molecule has 0 saturated heterocycles. The predicted molar refractivity (Wildman–Crippen MR) is 96.6 cm³/mol. The van der Waals surface area contributed by atoms with E-state index in [1.165, 1.54) is 47.1 Å². The van der Waals surface area contributed by atoms with Crippen molar-refractivity contribution in [3.8, 4) is 11.4 Å². The molecule has 3 aromatic carbocycles. The standard InChI is InChI=1S/C18H13F2N3O3S/c19-18(20)16-15-7-1-10-9-12(24)4-8-14(10)17(15)23(22-16)11-2-5-13(6-3-11)27(21,25)26/h1-9,18,24H,(H2,21,25,26). The van der Waals surface area contributed by atoms with Gasteiger partial charge in [-0.3, -0.25) is 0 Å². The number of aromatic nitrogens is 2. The molecule has 3 N–H and O–H groups in total. The fourth-order valence-corrected chi connectivity index (χ4v) is 3.59. The van der Waals surface area contributed by atoms with E-state index in [-0.39, 0.29) is 21.7 Å². The van der Waals surface area contributed by atoms with Crippen LogP contribution in [0.2, 0.25) is 0 Å². The van der Waals surface area contributed by atoms with Gasteiger partial charge >= 0.3 is 0 Å². The summed E-state index contributed by atoms with van der Waals surface area (Å²) in [7, 11) is -3.87. The average Bonchev–Trinajstić information content (AvgIpc) is 3.01. The topological polar surface area (TPSA) is 98.2 Å². The Kier molecular flexibility index (Phi) is 3.86. The van der Waals surface area contributed by atoms with E-state index in [1.807, 2.05) is 0 Å². The minimum absolute atomic E-state index is 0.0551. The zero-order valence-electron chi connectivity index (χ0n) is 13.7. The van der Waals surface area contributed by atoms with Crippen molar-refractivity contribution in [3.05, 3.63) is 60.3 Å². The minimum Gasteiger partial charge on any atom is -0.508 e. The zero-order chi connectivity index (χ0) is 19.3. The van der Waals surface area contributed by atoms with Crippen LogP contribution in [0.15, 0.2) is 59.5 Å². The number of nitrogens with zero attached hydrogens (tertiary/aromatic N) is 2. The number of hydrogen-bond donors (Lipinski definition) is 2. The van der Waals surface area contributed by atoms with Crippen LogP contribution < -0.4 is 5.14 Å². The first kappa shape index (κ1) is 17.4. The van der Waals surface area contributed by atoms with Gasteiger partial charge in [0.1, 0.15) is 11.4 Å². The summed E-state index contributed by atoms with van der Waals surface area (Å²) in [6.07, 6.45) is -2.79. The summed E-state index contributed by atoms with van der Waals surface area (Å²) in [6.45, 7) is 0. The van der Waals surface area contributed by atoms with Crippen molar-refractivity contribution in [2.45, 2.75) is 11.3 Å². The van der Waals surface area contributed by atoms with Gasteiger partial charge in [0.05, 0.1) is 16.1 Å². The second kappa shape index (κ2) is 6.00. The first-order valence-corrected chi connectivity index (χ1v) is 9.36. The van der Waals surface area contributed by atoms with Crippen molar-refractivity contribution in [2.75, 3.05) is 0 Å². The Morgan fingerprint density at radius 3 is 2.30 bits per heavy atom. The molecule has 0 aliphatic rings. The van der Waals surface area contributed by atoms with Crippen LogP contribution in [0.4, 0.5) is 8.78 Å². The van der Waals surface area contributed by atoms with Crippen LogP contribution >= 0.6 is 0 Å². The summed E-state index contributed by atoms with van der Waals surface area (Å²) in [5.41, 5.74) is 0.460. The highest BCUT2D eigenvalue weighted by atomic mass is 32.2. The highest BCUT2D eigenvalue weighted by Gasteiger charge is 2.21. The Morgan fingerprint density at radius 2 is 1.67 bits per heavy atom. The van der Waals surface area contributed by atoms with E-state index in [2.05, 4.69) is 5.10 Å². The third-order valence-electron chi connectivity index (χ3n) is 4.29. The predicted octanol–water partition coefficient (Wildman–Crippen LogP) is 3.47. The van der Waals surface area contributed by atoms with E-state index in [9.17, 15) is 22.3 Å². The van der Waals surface area contributed by atoms with Gasteiger partial charge in [0, 0.05) is 10.8 Å². The molecule has 0 aliphatic carbocycles. The Morgan fingerprint density at radius 1 is 1.00 bits per heavy atom. The summed E-state index contributed by atoms with van der Waals surface area (Å²) in [6, 6.07) is 13.2. The Balaban J connectivity index is 2.04. The van der Waals surface area contributed by atoms with Crippen LogP contribution in [0.25, 0.3) is 27.4 Å². The van der Waals surface area contributed by atoms with E-state index in [4.69, 9.17) is 5.14 Å². The maximum absolute atomic E-state index is 13.5. The van der Waals surface area contributed by atoms with Gasteiger partial charge < -0.3 is 5.11 Å². The molecule has 4 aromatic rings. The van der Waals surface area contributed by atoms with Crippen LogP contribution in [-0.2, 0) is 10.0 Å². The van der Waals surface area contributed by atoms with Gasteiger partial charge in [-0.15, -0.1) is 0 Å². The lowest BCUT2D eigenvalue weighted by atomic mass is 10.1. The summed E-state index contributed by atoms with van der Waals surface area (Å²) in [5, 5.41) is 20.4. The number of phenolic OH excluding ortho intramolecular Hbond substituents is 1. The van der Waals surface area contributed by atoms with E-state index in [0.29, 0.717) is 22.0 Å². The lowest BCUT2D eigenvalue weighted by Gasteiger charge is -2.07. The SMILES string of the molecule is NS(=O)(=O)c1ccc(-n2nc(C(F)F)c3ccc4cc(O)ccc4c32)cc1. The van der Waals surface area contributed by atoms with Crippen molar-refractivity contribution in [3.63, 3.8) is 0 Å². The highest BCUT2D eigenvalue weighted by molar-refractivity contribution is 7.89. The second-order valence-electron chi connectivity index (χ2n) is 6.00. The molecule has 1 aromatic heterocycles. The second-order valence-corrected chi connectivity index (χ2v) is 7.57. The molecule has 0 spiro atoms. The summed E-state index contributed by atoms with van der Waals surface area (Å²) < 4.78 is 51.2. The number of alkyl halides is 2. The van der Waals surface area contributed by atoms with Crippen molar-refractivity contribution in [1.29, 1.82) is 0 Å². The van der Waals surface area contributed by atoms with Crippen molar-refractivity contribution < 1.29 is 22.3 Å². The number of rotatable bonds is 3. The van der Waals surface area contributed by atoms with E-state index in [1.54, 1.807) is 12.1 Å². The van der Waals surface area contributed by atoms with Crippen LogP contribution in [0, 0.1) is 0 Å². The summed E-state index contributed by atoms with van der Waals surface area (Å²) in [5.74, 6) is 0.0551. The van der Waals surface area contributed by atoms with Crippen LogP contribution in [0.3, 0.4) is 0 Å². The molecule has 9 heteroatoms. The number of nitrogens with two attached hydrogens (primary N) is 1. The smallest absolute Gasteiger partial charge is 0.282 e.